The molecule has 0 aliphatic carbocycles. The highest BCUT2D eigenvalue weighted by molar-refractivity contribution is 6.30. The van der Waals surface area contributed by atoms with Crippen molar-refractivity contribution in [2.24, 2.45) is 0 Å². The molecule has 0 aliphatic rings. The highest BCUT2D eigenvalue weighted by Crippen LogP contribution is 2.23. The number of aryl methyl sites for hydroxylation is 1. The molecule has 0 aliphatic heterocycles. The summed E-state index contributed by atoms with van der Waals surface area (Å²) in [5.41, 5.74) is 2.50. The van der Waals surface area contributed by atoms with Gasteiger partial charge in [0.05, 0.1) is 23.9 Å². The van der Waals surface area contributed by atoms with Crippen LogP contribution >= 0.6 is 11.6 Å². The predicted octanol–water partition coefficient (Wildman–Crippen LogP) is 2.90. The average molecular weight is 232 g/mol. The summed E-state index contributed by atoms with van der Waals surface area (Å²) in [6.45, 7) is 1.86. The maximum absolute atomic E-state index is 8.70. The minimum Gasteiger partial charge on any atom is -0.222 e. The highest BCUT2D eigenvalue weighted by Gasteiger charge is 2.13. The van der Waals surface area contributed by atoms with Crippen molar-refractivity contribution in [1.82, 2.24) is 9.78 Å². The smallest absolute Gasteiger partial charge is 0.137 e. The largest absolute Gasteiger partial charge is 0.222 e. The van der Waals surface area contributed by atoms with Crippen molar-refractivity contribution in [3.05, 3.63) is 46.7 Å². The molecule has 0 saturated heterocycles. The predicted molar refractivity (Wildman–Crippen MR) is 62.6 cm³/mol. The lowest BCUT2D eigenvalue weighted by Crippen LogP contribution is -1.96. The van der Waals surface area contributed by atoms with Crippen LogP contribution in [-0.4, -0.2) is 9.78 Å². The molecular weight excluding hydrogens is 222 g/mol. The van der Waals surface area contributed by atoms with E-state index in [2.05, 4.69) is 11.2 Å². The van der Waals surface area contributed by atoms with E-state index in [1.54, 1.807) is 4.68 Å². The average Bonchev–Trinajstić information content (AvgIpc) is 2.59. The summed E-state index contributed by atoms with van der Waals surface area (Å²) in [5, 5.41) is 13.6. The molecule has 0 atom stereocenters. The topological polar surface area (TPSA) is 41.6 Å². The molecule has 1 heterocycles. The number of hydrogen-bond donors (Lipinski definition) is 0. The number of halogens is 1. The lowest BCUT2D eigenvalue weighted by atomic mass is 10.2. The molecule has 16 heavy (non-hydrogen) atoms. The first-order valence-corrected chi connectivity index (χ1v) is 5.28. The summed E-state index contributed by atoms with van der Waals surface area (Å²) in [7, 11) is 0. The van der Waals surface area contributed by atoms with Gasteiger partial charge in [-0.1, -0.05) is 29.8 Å². The number of para-hydroxylation sites is 1. The van der Waals surface area contributed by atoms with Gasteiger partial charge in [0.2, 0.25) is 0 Å². The third-order valence-electron chi connectivity index (χ3n) is 2.38. The molecule has 0 radical (unpaired) electrons. The molecule has 0 N–H and O–H groups in total. The first-order valence-electron chi connectivity index (χ1n) is 4.90. The Labute approximate surface area is 98.9 Å². The standard InChI is InChI=1S/C12H10ClN3/c1-9-11(7-8-14)12(13)16(15-9)10-5-3-2-4-6-10/h2-6H,7H2,1H3. The van der Waals surface area contributed by atoms with Crippen LogP contribution in [0.25, 0.3) is 5.69 Å². The second-order valence-corrected chi connectivity index (χ2v) is 3.80. The summed E-state index contributed by atoms with van der Waals surface area (Å²) in [6.07, 6.45) is 0.289. The minimum atomic E-state index is 0.289. The number of hydrogen-bond acceptors (Lipinski definition) is 2. The van der Waals surface area contributed by atoms with Gasteiger partial charge >= 0.3 is 0 Å². The van der Waals surface area contributed by atoms with E-state index in [1.165, 1.54) is 0 Å². The van der Waals surface area contributed by atoms with Crippen LogP contribution < -0.4 is 0 Å². The van der Waals surface area contributed by atoms with Crippen LogP contribution in [-0.2, 0) is 6.42 Å². The highest BCUT2D eigenvalue weighted by atomic mass is 35.5. The molecule has 2 aromatic rings. The lowest BCUT2D eigenvalue weighted by Gasteiger charge is -2.01. The van der Waals surface area contributed by atoms with Gasteiger partial charge in [0.15, 0.2) is 0 Å². The Morgan fingerprint density at radius 1 is 1.38 bits per heavy atom. The molecular formula is C12H10ClN3. The number of nitriles is 1. The van der Waals surface area contributed by atoms with Crippen molar-refractivity contribution in [2.45, 2.75) is 13.3 Å². The number of aromatic nitrogens is 2. The van der Waals surface area contributed by atoms with Crippen LogP contribution in [0.1, 0.15) is 11.3 Å². The zero-order chi connectivity index (χ0) is 11.5. The van der Waals surface area contributed by atoms with E-state index >= 15 is 0 Å². The molecule has 3 nitrogen and oxygen atoms in total. The molecule has 0 saturated carbocycles. The van der Waals surface area contributed by atoms with Gasteiger partial charge < -0.3 is 0 Å². The van der Waals surface area contributed by atoms with Crippen LogP contribution in [0.15, 0.2) is 30.3 Å². The van der Waals surface area contributed by atoms with Gasteiger partial charge in [-0.25, -0.2) is 4.68 Å². The van der Waals surface area contributed by atoms with Gasteiger partial charge in [0.1, 0.15) is 5.15 Å². The van der Waals surface area contributed by atoms with Crippen LogP contribution in [0, 0.1) is 18.3 Å². The Bertz CT molecular complexity index is 537. The second-order valence-electron chi connectivity index (χ2n) is 3.44. The number of nitrogens with zero attached hydrogens (tertiary/aromatic N) is 3. The summed E-state index contributed by atoms with van der Waals surface area (Å²) >= 11 is 6.19. The summed E-state index contributed by atoms with van der Waals surface area (Å²) in [4.78, 5) is 0. The SMILES string of the molecule is Cc1nn(-c2ccccc2)c(Cl)c1CC#N. The number of rotatable bonds is 2. The molecule has 0 spiro atoms. The molecule has 0 unspecified atom stereocenters. The van der Waals surface area contributed by atoms with Crippen molar-refractivity contribution < 1.29 is 0 Å². The Kier molecular flexibility index (Phi) is 2.93. The van der Waals surface area contributed by atoms with E-state index in [0.29, 0.717) is 5.15 Å². The maximum Gasteiger partial charge on any atom is 0.137 e. The van der Waals surface area contributed by atoms with Crippen molar-refractivity contribution >= 4 is 11.6 Å². The molecule has 0 amide bonds. The van der Waals surface area contributed by atoms with Crippen molar-refractivity contribution in [1.29, 1.82) is 5.26 Å². The summed E-state index contributed by atoms with van der Waals surface area (Å²) in [6, 6.07) is 11.7. The normalized spacial score (nSPS) is 10.1. The van der Waals surface area contributed by atoms with Gasteiger partial charge in [-0.15, -0.1) is 0 Å². The molecule has 2 rings (SSSR count). The van der Waals surface area contributed by atoms with Gasteiger partial charge in [0.25, 0.3) is 0 Å². The fourth-order valence-corrected chi connectivity index (χ4v) is 1.89. The molecule has 1 aromatic carbocycles. The molecule has 1 aromatic heterocycles. The quantitative estimate of drug-likeness (QED) is 0.798. The van der Waals surface area contributed by atoms with Gasteiger partial charge in [0, 0.05) is 5.56 Å². The third kappa shape index (κ3) is 1.80. The first kappa shape index (κ1) is 10.7. The Balaban J connectivity index is 2.53. The Morgan fingerprint density at radius 2 is 2.06 bits per heavy atom. The van der Waals surface area contributed by atoms with Crippen molar-refractivity contribution in [3.8, 4) is 11.8 Å². The van der Waals surface area contributed by atoms with Gasteiger partial charge in [-0.2, -0.15) is 10.4 Å². The zero-order valence-corrected chi connectivity index (χ0v) is 9.57. The van der Waals surface area contributed by atoms with Crippen LogP contribution in [0.2, 0.25) is 5.15 Å². The Hall–Kier alpha value is -1.79. The fourth-order valence-electron chi connectivity index (χ4n) is 1.55. The zero-order valence-electron chi connectivity index (χ0n) is 8.81. The lowest BCUT2D eigenvalue weighted by molar-refractivity contribution is 0.863. The van der Waals surface area contributed by atoms with E-state index in [1.807, 2.05) is 37.3 Å². The first-order chi connectivity index (χ1) is 7.74. The Morgan fingerprint density at radius 3 is 2.69 bits per heavy atom. The fraction of sp³-hybridized carbons (Fsp3) is 0.167. The van der Waals surface area contributed by atoms with E-state index in [9.17, 15) is 0 Å². The van der Waals surface area contributed by atoms with Crippen molar-refractivity contribution in [2.75, 3.05) is 0 Å². The van der Waals surface area contributed by atoms with E-state index in [0.717, 1.165) is 16.9 Å². The molecule has 0 bridgehead atoms. The summed E-state index contributed by atoms with van der Waals surface area (Å²) < 4.78 is 1.66. The third-order valence-corrected chi connectivity index (χ3v) is 2.77. The molecule has 0 fully saturated rings. The van der Waals surface area contributed by atoms with Crippen LogP contribution in [0.3, 0.4) is 0 Å². The van der Waals surface area contributed by atoms with E-state index < -0.39 is 0 Å². The molecule has 80 valence electrons. The summed E-state index contributed by atoms with van der Waals surface area (Å²) in [5.74, 6) is 0. The van der Waals surface area contributed by atoms with Crippen molar-refractivity contribution in [3.63, 3.8) is 0 Å². The number of benzene rings is 1. The molecule has 4 heteroatoms. The van der Waals surface area contributed by atoms with Crippen LogP contribution in [0.4, 0.5) is 0 Å². The minimum absolute atomic E-state index is 0.289. The van der Waals surface area contributed by atoms with Crippen LogP contribution in [0.5, 0.6) is 0 Å². The van der Waals surface area contributed by atoms with E-state index in [4.69, 9.17) is 16.9 Å². The van der Waals surface area contributed by atoms with E-state index in [-0.39, 0.29) is 6.42 Å². The second kappa shape index (κ2) is 4.38. The monoisotopic (exact) mass is 231 g/mol. The van der Waals surface area contributed by atoms with Gasteiger partial charge in [-0.05, 0) is 19.1 Å². The van der Waals surface area contributed by atoms with Gasteiger partial charge in [-0.3, -0.25) is 0 Å². The maximum atomic E-state index is 8.70.